The van der Waals surface area contributed by atoms with Gasteiger partial charge in [0.2, 0.25) is 0 Å². The topological polar surface area (TPSA) is 70.5 Å². The monoisotopic (exact) mass is 248 g/mol. The molecule has 0 fully saturated rings. The Kier molecular flexibility index (Phi) is 2.27. The van der Waals surface area contributed by atoms with Crippen LogP contribution < -0.4 is 0 Å². The number of carboxylic acid groups (broad SMARTS) is 1. The maximum absolute atomic E-state index is 13.2. The van der Waals surface area contributed by atoms with Crippen molar-refractivity contribution in [2.45, 2.75) is 6.54 Å². The molecule has 1 aliphatic rings. The lowest BCUT2D eigenvalue weighted by atomic mass is 10.2. The van der Waals surface area contributed by atoms with E-state index in [1.165, 1.54) is 0 Å². The van der Waals surface area contributed by atoms with Gasteiger partial charge in [0.15, 0.2) is 5.82 Å². The van der Waals surface area contributed by atoms with Gasteiger partial charge < -0.3 is 5.11 Å². The van der Waals surface area contributed by atoms with Crippen LogP contribution in [-0.2, 0) is 6.54 Å². The summed E-state index contributed by atoms with van der Waals surface area (Å²) in [5, 5.41) is 8.09. The van der Waals surface area contributed by atoms with Crippen LogP contribution in [0.4, 0.5) is 13.6 Å². The maximum atomic E-state index is 13.2. The van der Waals surface area contributed by atoms with Gasteiger partial charge in [-0.2, -0.15) is 4.39 Å². The Morgan fingerprint density at radius 3 is 2.69 bits per heavy atom. The van der Waals surface area contributed by atoms with Crippen LogP contribution in [0.3, 0.4) is 0 Å². The molecule has 0 radical (unpaired) electrons. The van der Waals surface area contributed by atoms with E-state index in [-0.39, 0.29) is 5.56 Å². The number of aromatic nitrogens is 1. The molecule has 0 bridgehead atoms. The third-order valence-corrected chi connectivity index (χ3v) is 2.43. The first-order valence-corrected chi connectivity index (χ1v) is 4.39. The summed E-state index contributed by atoms with van der Waals surface area (Å²) in [6, 6.07) is 0. The molecule has 1 aromatic heterocycles. The zero-order chi connectivity index (χ0) is 12.0. The number of rotatable bonds is 0. The molecule has 2 rings (SSSR count). The van der Waals surface area contributed by atoms with E-state index in [2.05, 4.69) is 4.98 Å². The fourth-order valence-corrected chi connectivity index (χ4v) is 1.70. The Morgan fingerprint density at radius 2 is 2.12 bits per heavy atom. The van der Waals surface area contributed by atoms with Gasteiger partial charge >= 0.3 is 6.09 Å². The quantitative estimate of drug-likeness (QED) is 0.709. The molecule has 5 nitrogen and oxygen atoms in total. The van der Waals surface area contributed by atoms with Gasteiger partial charge in [-0.3, -0.25) is 4.79 Å². The zero-order valence-corrected chi connectivity index (χ0v) is 8.26. The largest absolute Gasteiger partial charge is 0.465 e. The summed E-state index contributed by atoms with van der Waals surface area (Å²) < 4.78 is 26.1. The van der Waals surface area contributed by atoms with Crippen molar-refractivity contribution >= 4 is 23.6 Å². The first-order valence-electron chi connectivity index (χ1n) is 4.01. The SMILES string of the molecule is O=C(O)N1Cc2c(F)c(F)nc(Cl)c2C1=O. The number of halogens is 3. The van der Waals surface area contributed by atoms with E-state index in [1.807, 2.05) is 0 Å². The van der Waals surface area contributed by atoms with Crippen molar-refractivity contribution in [2.75, 3.05) is 0 Å². The van der Waals surface area contributed by atoms with Gasteiger partial charge in [0.1, 0.15) is 5.15 Å². The van der Waals surface area contributed by atoms with Crippen LogP contribution in [0.2, 0.25) is 5.15 Å². The first kappa shape index (κ1) is 10.7. The fraction of sp³-hybridized carbons (Fsp3) is 0.125. The zero-order valence-electron chi connectivity index (χ0n) is 7.50. The average molecular weight is 249 g/mol. The maximum Gasteiger partial charge on any atom is 0.414 e. The van der Waals surface area contributed by atoms with Crippen LogP contribution in [0, 0.1) is 11.8 Å². The summed E-state index contributed by atoms with van der Waals surface area (Å²) in [6.07, 6.45) is -1.56. The highest BCUT2D eigenvalue weighted by molar-refractivity contribution is 6.33. The molecular formula is C8H3ClF2N2O3. The number of nitrogens with zero attached hydrogens (tertiary/aromatic N) is 2. The molecule has 16 heavy (non-hydrogen) atoms. The molecule has 1 N–H and O–H groups in total. The number of hydrogen-bond acceptors (Lipinski definition) is 3. The molecule has 1 aliphatic heterocycles. The van der Waals surface area contributed by atoms with Gasteiger partial charge in [-0.1, -0.05) is 11.6 Å². The van der Waals surface area contributed by atoms with Crippen molar-refractivity contribution in [2.24, 2.45) is 0 Å². The van der Waals surface area contributed by atoms with Gasteiger partial charge in [-0.15, -0.1) is 0 Å². The van der Waals surface area contributed by atoms with Crippen LogP contribution in [-0.4, -0.2) is 27.0 Å². The van der Waals surface area contributed by atoms with Gasteiger partial charge in [-0.05, 0) is 0 Å². The van der Waals surface area contributed by atoms with E-state index < -0.39 is 41.0 Å². The molecule has 0 saturated heterocycles. The third-order valence-electron chi connectivity index (χ3n) is 2.16. The van der Waals surface area contributed by atoms with E-state index in [1.54, 1.807) is 0 Å². The Hall–Kier alpha value is -1.76. The lowest BCUT2D eigenvalue weighted by Gasteiger charge is -2.06. The normalized spacial score (nSPS) is 14.2. The molecule has 2 heterocycles. The molecule has 0 unspecified atom stereocenters. The number of hydrogen-bond donors (Lipinski definition) is 1. The number of carbonyl (C=O) groups excluding carboxylic acids is 1. The molecule has 0 saturated carbocycles. The van der Waals surface area contributed by atoms with E-state index in [9.17, 15) is 18.4 Å². The molecule has 0 atom stereocenters. The molecule has 2 amide bonds. The number of imide groups is 1. The van der Waals surface area contributed by atoms with Crippen molar-refractivity contribution in [3.05, 3.63) is 28.0 Å². The summed E-state index contributed by atoms with van der Waals surface area (Å²) >= 11 is 5.45. The first-order chi connectivity index (χ1) is 7.43. The Labute approximate surface area is 92.3 Å². The van der Waals surface area contributed by atoms with E-state index >= 15 is 0 Å². The van der Waals surface area contributed by atoms with Crippen molar-refractivity contribution in [1.29, 1.82) is 0 Å². The average Bonchev–Trinajstić information content (AvgIpc) is 2.53. The van der Waals surface area contributed by atoms with Crippen LogP contribution in [0.1, 0.15) is 15.9 Å². The summed E-state index contributed by atoms with van der Waals surface area (Å²) in [6.45, 7) is -0.561. The Balaban J connectivity index is 2.64. The number of carbonyl (C=O) groups is 2. The second-order valence-corrected chi connectivity index (χ2v) is 3.39. The molecular weight excluding hydrogens is 246 g/mol. The second kappa shape index (κ2) is 3.38. The number of pyridine rings is 1. The number of amides is 2. The Bertz CT molecular complexity index is 520. The smallest absolute Gasteiger partial charge is 0.414 e. The highest BCUT2D eigenvalue weighted by Gasteiger charge is 2.38. The van der Waals surface area contributed by atoms with Gasteiger partial charge in [-0.25, -0.2) is 19.1 Å². The lowest BCUT2D eigenvalue weighted by molar-refractivity contribution is 0.0763. The predicted molar refractivity (Wildman–Crippen MR) is 47.1 cm³/mol. The minimum Gasteiger partial charge on any atom is -0.465 e. The number of fused-ring (bicyclic) bond motifs is 1. The van der Waals surface area contributed by atoms with Gasteiger partial charge in [0.05, 0.1) is 12.1 Å². The molecule has 0 aliphatic carbocycles. The predicted octanol–water partition coefficient (Wildman–Crippen LogP) is 1.65. The summed E-state index contributed by atoms with van der Waals surface area (Å²) in [5.74, 6) is -3.81. The van der Waals surface area contributed by atoms with E-state index in [4.69, 9.17) is 16.7 Å². The minimum atomic E-state index is -1.56. The molecule has 1 aromatic rings. The fourth-order valence-electron chi connectivity index (χ4n) is 1.44. The molecule has 0 spiro atoms. The third kappa shape index (κ3) is 1.32. The molecule has 84 valence electrons. The highest BCUT2D eigenvalue weighted by atomic mass is 35.5. The molecule has 8 heteroatoms. The van der Waals surface area contributed by atoms with Crippen LogP contribution >= 0.6 is 11.6 Å². The van der Waals surface area contributed by atoms with E-state index in [0.29, 0.717) is 4.90 Å². The second-order valence-electron chi connectivity index (χ2n) is 3.03. The van der Waals surface area contributed by atoms with Crippen molar-refractivity contribution in [1.82, 2.24) is 9.88 Å². The van der Waals surface area contributed by atoms with Crippen molar-refractivity contribution < 1.29 is 23.5 Å². The van der Waals surface area contributed by atoms with Gasteiger partial charge in [0, 0.05) is 5.56 Å². The Morgan fingerprint density at radius 1 is 1.50 bits per heavy atom. The van der Waals surface area contributed by atoms with Crippen LogP contribution in [0.25, 0.3) is 0 Å². The summed E-state index contributed by atoms with van der Waals surface area (Å²) in [4.78, 5) is 25.4. The van der Waals surface area contributed by atoms with E-state index in [0.717, 1.165) is 0 Å². The molecule has 0 aromatic carbocycles. The minimum absolute atomic E-state index is 0.334. The highest BCUT2D eigenvalue weighted by Crippen LogP contribution is 2.30. The van der Waals surface area contributed by atoms with Gasteiger partial charge in [0.25, 0.3) is 11.9 Å². The van der Waals surface area contributed by atoms with Crippen molar-refractivity contribution in [3.8, 4) is 0 Å². The standard InChI is InChI=1S/C8H3ClF2N2O3/c9-5-3-2(4(10)6(11)12-5)1-13(7(3)14)8(15)16/h1H2,(H,15,16). The van der Waals surface area contributed by atoms with Crippen molar-refractivity contribution in [3.63, 3.8) is 0 Å². The lowest BCUT2D eigenvalue weighted by Crippen LogP contribution is -2.29. The van der Waals surface area contributed by atoms with Crippen LogP contribution in [0.5, 0.6) is 0 Å². The summed E-state index contributed by atoms with van der Waals surface area (Å²) in [7, 11) is 0. The van der Waals surface area contributed by atoms with Crippen LogP contribution in [0.15, 0.2) is 0 Å². The summed E-state index contributed by atoms with van der Waals surface area (Å²) in [5.41, 5.74) is -0.784.